The molecule has 0 atom stereocenters. The van der Waals surface area contributed by atoms with E-state index >= 15 is 0 Å². The topological polar surface area (TPSA) is 75.7 Å². The predicted molar refractivity (Wildman–Crippen MR) is 121 cm³/mol. The maximum Gasteiger partial charge on any atom is 0.341 e. The SMILES string of the molecule is CCOC(=O)c1c(NC(=O)/C=C\c2ccc(Cl)cc2)sc(C(=O)N(CC)CC)c1C. The van der Waals surface area contributed by atoms with Gasteiger partial charge >= 0.3 is 5.97 Å². The van der Waals surface area contributed by atoms with Crippen LogP contribution in [0.4, 0.5) is 5.00 Å². The minimum atomic E-state index is -0.568. The van der Waals surface area contributed by atoms with E-state index in [1.165, 1.54) is 6.08 Å². The van der Waals surface area contributed by atoms with E-state index in [9.17, 15) is 14.4 Å². The highest BCUT2D eigenvalue weighted by atomic mass is 35.5. The molecule has 2 rings (SSSR count). The number of hydrogen-bond acceptors (Lipinski definition) is 5. The number of carbonyl (C=O) groups is 3. The van der Waals surface area contributed by atoms with Crippen molar-refractivity contribution >= 4 is 51.8 Å². The van der Waals surface area contributed by atoms with E-state index in [4.69, 9.17) is 16.3 Å². The third-order valence-corrected chi connectivity index (χ3v) is 5.85. The molecule has 0 aliphatic rings. The summed E-state index contributed by atoms with van der Waals surface area (Å²) in [6.45, 7) is 8.46. The third kappa shape index (κ3) is 5.70. The molecule has 1 heterocycles. The van der Waals surface area contributed by atoms with Crippen LogP contribution in [0.5, 0.6) is 0 Å². The lowest BCUT2D eigenvalue weighted by atomic mass is 10.1. The van der Waals surface area contributed by atoms with Gasteiger partial charge in [-0.05, 0) is 57.0 Å². The van der Waals surface area contributed by atoms with Crippen LogP contribution in [0.15, 0.2) is 30.3 Å². The minimum Gasteiger partial charge on any atom is -0.462 e. The first-order valence-electron chi connectivity index (χ1n) is 9.66. The predicted octanol–water partition coefficient (Wildman–Crippen LogP) is 5.02. The number of ether oxygens (including phenoxy) is 1. The van der Waals surface area contributed by atoms with Gasteiger partial charge in [0.2, 0.25) is 5.91 Å². The highest BCUT2D eigenvalue weighted by Gasteiger charge is 2.27. The molecule has 0 unspecified atom stereocenters. The lowest BCUT2D eigenvalue weighted by Gasteiger charge is -2.18. The van der Waals surface area contributed by atoms with Crippen molar-refractivity contribution in [1.29, 1.82) is 0 Å². The zero-order chi connectivity index (χ0) is 22.3. The quantitative estimate of drug-likeness (QED) is 0.454. The molecule has 1 aromatic heterocycles. The Labute approximate surface area is 185 Å². The van der Waals surface area contributed by atoms with Gasteiger partial charge in [-0.15, -0.1) is 11.3 Å². The Morgan fingerprint density at radius 1 is 1.13 bits per heavy atom. The van der Waals surface area contributed by atoms with Gasteiger partial charge in [0.25, 0.3) is 5.91 Å². The van der Waals surface area contributed by atoms with Crippen molar-refractivity contribution in [2.75, 3.05) is 25.0 Å². The van der Waals surface area contributed by atoms with Gasteiger partial charge in [-0.1, -0.05) is 23.7 Å². The molecule has 0 aliphatic carbocycles. The fourth-order valence-electron chi connectivity index (χ4n) is 2.81. The van der Waals surface area contributed by atoms with Crippen molar-refractivity contribution in [2.24, 2.45) is 0 Å². The number of nitrogens with zero attached hydrogens (tertiary/aromatic N) is 1. The highest BCUT2D eigenvalue weighted by Crippen LogP contribution is 2.34. The molecule has 30 heavy (non-hydrogen) atoms. The first-order valence-corrected chi connectivity index (χ1v) is 10.9. The Morgan fingerprint density at radius 3 is 2.33 bits per heavy atom. The molecular weight excluding hydrogens is 424 g/mol. The van der Waals surface area contributed by atoms with Crippen LogP contribution in [0.2, 0.25) is 5.02 Å². The van der Waals surface area contributed by atoms with Crippen LogP contribution in [0.1, 0.15) is 51.9 Å². The molecule has 160 valence electrons. The van der Waals surface area contributed by atoms with Crippen LogP contribution in [-0.4, -0.2) is 42.4 Å². The Morgan fingerprint density at radius 2 is 1.77 bits per heavy atom. The number of anilines is 1. The second-order valence-electron chi connectivity index (χ2n) is 6.33. The number of thiophene rings is 1. The van der Waals surface area contributed by atoms with E-state index < -0.39 is 11.9 Å². The monoisotopic (exact) mass is 448 g/mol. The van der Waals surface area contributed by atoms with Crippen LogP contribution in [-0.2, 0) is 9.53 Å². The molecule has 2 amide bonds. The lowest BCUT2D eigenvalue weighted by Crippen LogP contribution is -2.30. The first kappa shape index (κ1) is 23.6. The van der Waals surface area contributed by atoms with Crippen LogP contribution >= 0.6 is 22.9 Å². The summed E-state index contributed by atoms with van der Waals surface area (Å²) < 4.78 is 5.14. The number of hydrogen-bond donors (Lipinski definition) is 1. The van der Waals surface area contributed by atoms with E-state index in [0.29, 0.717) is 33.6 Å². The van der Waals surface area contributed by atoms with Gasteiger partial charge in [0, 0.05) is 24.2 Å². The van der Waals surface area contributed by atoms with Crippen molar-refractivity contribution in [3.05, 3.63) is 56.9 Å². The maximum atomic E-state index is 12.8. The van der Waals surface area contributed by atoms with E-state index in [0.717, 1.165) is 16.9 Å². The number of esters is 1. The fraction of sp³-hybridized carbons (Fsp3) is 0.318. The Kier molecular flexibility index (Phi) is 8.62. The summed E-state index contributed by atoms with van der Waals surface area (Å²) in [6, 6.07) is 7.02. The molecule has 0 fully saturated rings. The van der Waals surface area contributed by atoms with Gasteiger partial charge in [0.15, 0.2) is 0 Å². The minimum absolute atomic E-state index is 0.176. The number of rotatable bonds is 8. The molecule has 1 N–H and O–H groups in total. The zero-order valence-corrected chi connectivity index (χ0v) is 19.0. The molecular formula is C22H25ClN2O4S. The summed E-state index contributed by atoms with van der Waals surface area (Å²) in [6.07, 6.45) is 3.00. The van der Waals surface area contributed by atoms with Crippen molar-refractivity contribution in [3.63, 3.8) is 0 Å². The third-order valence-electron chi connectivity index (χ3n) is 4.41. The standard InChI is InChI=1S/C22H25ClN2O4S/c1-5-25(6-2)21(27)19-14(4)18(22(28)29-7-3)20(30-19)24-17(26)13-10-15-8-11-16(23)12-9-15/h8-13H,5-7H2,1-4H3,(H,24,26)/b13-10-. The van der Waals surface area contributed by atoms with Gasteiger partial charge in [-0.3, -0.25) is 9.59 Å². The van der Waals surface area contributed by atoms with Crippen LogP contribution in [0, 0.1) is 6.92 Å². The Hall–Kier alpha value is -2.64. The summed E-state index contributed by atoms with van der Waals surface area (Å²) >= 11 is 6.95. The highest BCUT2D eigenvalue weighted by molar-refractivity contribution is 7.18. The smallest absolute Gasteiger partial charge is 0.341 e. The van der Waals surface area contributed by atoms with Gasteiger partial charge in [-0.2, -0.15) is 0 Å². The molecule has 6 nitrogen and oxygen atoms in total. The molecule has 0 radical (unpaired) electrons. The van der Waals surface area contributed by atoms with Gasteiger partial charge in [-0.25, -0.2) is 4.79 Å². The van der Waals surface area contributed by atoms with Gasteiger partial charge in [0.1, 0.15) is 5.00 Å². The normalized spacial score (nSPS) is 10.8. The van der Waals surface area contributed by atoms with Crippen LogP contribution < -0.4 is 5.32 Å². The Bertz CT molecular complexity index is 947. The molecule has 0 saturated carbocycles. The number of halogens is 1. The average molecular weight is 449 g/mol. The molecule has 0 saturated heterocycles. The number of amides is 2. The maximum absolute atomic E-state index is 12.8. The summed E-state index contributed by atoms with van der Waals surface area (Å²) in [5.41, 5.74) is 1.53. The molecule has 0 bridgehead atoms. The molecule has 2 aromatic rings. The molecule has 8 heteroatoms. The van der Waals surface area contributed by atoms with Crippen molar-refractivity contribution in [1.82, 2.24) is 4.90 Å². The largest absolute Gasteiger partial charge is 0.462 e. The summed E-state index contributed by atoms with van der Waals surface area (Å²) in [7, 11) is 0. The van der Waals surface area contributed by atoms with Crippen LogP contribution in [0.25, 0.3) is 6.08 Å². The second-order valence-corrected chi connectivity index (χ2v) is 7.79. The van der Waals surface area contributed by atoms with Crippen molar-refractivity contribution in [2.45, 2.75) is 27.7 Å². The number of benzene rings is 1. The lowest BCUT2D eigenvalue weighted by molar-refractivity contribution is -0.111. The Balaban J connectivity index is 2.33. The summed E-state index contributed by atoms with van der Waals surface area (Å²) in [5.74, 6) is -1.16. The molecule has 0 spiro atoms. The number of nitrogens with one attached hydrogen (secondary N) is 1. The van der Waals surface area contributed by atoms with Crippen LogP contribution in [0.3, 0.4) is 0 Å². The number of carbonyl (C=O) groups excluding carboxylic acids is 3. The molecule has 1 aromatic carbocycles. The van der Waals surface area contributed by atoms with E-state index in [-0.39, 0.29) is 18.1 Å². The van der Waals surface area contributed by atoms with Gasteiger partial charge < -0.3 is 15.0 Å². The van der Waals surface area contributed by atoms with E-state index in [1.54, 1.807) is 49.1 Å². The zero-order valence-electron chi connectivity index (χ0n) is 17.5. The summed E-state index contributed by atoms with van der Waals surface area (Å²) in [4.78, 5) is 39.9. The second kappa shape index (κ2) is 10.9. The van der Waals surface area contributed by atoms with E-state index in [2.05, 4.69) is 5.32 Å². The van der Waals surface area contributed by atoms with Gasteiger partial charge in [0.05, 0.1) is 17.0 Å². The molecule has 0 aliphatic heterocycles. The average Bonchev–Trinajstić information content (AvgIpc) is 3.04. The van der Waals surface area contributed by atoms with Crippen molar-refractivity contribution < 1.29 is 19.1 Å². The first-order chi connectivity index (χ1) is 14.3. The van der Waals surface area contributed by atoms with E-state index in [1.807, 2.05) is 13.8 Å². The van der Waals surface area contributed by atoms with Crippen molar-refractivity contribution in [3.8, 4) is 0 Å². The fourth-order valence-corrected chi connectivity index (χ4v) is 4.10. The summed E-state index contributed by atoms with van der Waals surface area (Å²) in [5, 5.41) is 3.62.